The number of fused-ring (bicyclic) bond motifs is 2. The van der Waals surface area contributed by atoms with Gasteiger partial charge in [-0.2, -0.15) is 16.7 Å². The second-order valence-electron chi connectivity index (χ2n) is 9.64. The molecule has 8 nitrogen and oxygen atoms in total. The Hall–Kier alpha value is -3.69. The zero-order valence-corrected chi connectivity index (χ0v) is 21.6. The summed E-state index contributed by atoms with van der Waals surface area (Å²) < 4.78 is 1.61. The molecule has 4 heterocycles. The summed E-state index contributed by atoms with van der Waals surface area (Å²) in [6.45, 7) is 2.17. The summed E-state index contributed by atoms with van der Waals surface area (Å²) in [5, 5.41) is 4.49. The van der Waals surface area contributed by atoms with Crippen LogP contribution in [-0.2, 0) is 6.42 Å². The van der Waals surface area contributed by atoms with Crippen LogP contribution in [0.1, 0.15) is 32.9 Å². The predicted octanol–water partition coefficient (Wildman–Crippen LogP) is 4.08. The van der Waals surface area contributed by atoms with Gasteiger partial charge in [-0.1, -0.05) is 30.3 Å². The lowest BCUT2D eigenvalue weighted by molar-refractivity contribution is 0.0629. The number of nitrogens with one attached hydrogen (secondary N) is 1. The first-order chi connectivity index (χ1) is 18.0. The molecule has 0 spiro atoms. The number of carbonyl (C=O) groups is 1. The number of likely N-dealkylation sites (N-methyl/N-ethyl adjacent to an activating group) is 2. The maximum absolute atomic E-state index is 13.1. The van der Waals surface area contributed by atoms with Gasteiger partial charge in [-0.3, -0.25) is 14.2 Å². The predicted molar refractivity (Wildman–Crippen MR) is 147 cm³/mol. The van der Waals surface area contributed by atoms with Crippen LogP contribution in [-0.4, -0.2) is 63.2 Å². The summed E-state index contributed by atoms with van der Waals surface area (Å²) in [5.41, 5.74) is 4.07. The summed E-state index contributed by atoms with van der Waals surface area (Å²) in [5.74, 6) is 1.43. The Bertz CT molecular complexity index is 1540. The minimum absolute atomic E-state index is 0.106. The molecule has 0 aliphatic carbocycles. The maximum atomic E-state index is 13.1. The first-order valence-electron chi connectivity index (χ1n) is 12.4. The van der Waals surface area contributed by atoms with Crippen molar-refractivity contribution in [2.24, 2.45) is 0 Å². The molecule has 37 heavy (non-hydrogen) atoms. The third-order valence-corrected chi connectivity index (χ3v) is 8.43. The molecule has 1 amide bonds. The van der Waals surface area contributed by atoms with Crippen molar-refractivity contribution in [1.82, 2.24) is 24.3 Å². The number of nitrogens with zero attached hydrogens (tertiary/aromatic N) is 5. The van der Waals surface area contributed by atoms with Crippen LogP contribution in [0.3, 0.4) is 0 Å². The molecule has 6 rings (SSSR count). The molecule has 4 aromatic rings. The lowest BCUT2D eigenvalue weighted by Crippen LogP contribution is -2.44. The third-order valence-electron chi connectivity index (χ3n) is 7.19. The molecule has 2 aromatic carbocycles. The Morgan fingerprint density at radius 1 is 1.00 bits per heavy atom. The first kappa shape index (κ1) is 23.7. The fourth-order valence-corrected chi connectivity index (χ4v) is 6.52. The van der Waals surface area contributed by atoms with Gasteiger partial charge in [0.2, 0.25) is 5.95 Å². The average molecular weight is 513 g/mol. The average Bonchev–Trinajstić information content (AvgIpc) is 2.91. The fourth-order valence-electron chi connectivity index (χ4n) is 5.11. The monoisotopic (exact) mass is 512 g/mol. The molecule has 2 atom stereocenters. The fraction of sp³-hybridized carbons (Fsp3) is 0.286. The van der Waals surface area contributed by atoms with Gasteiger partial charge >= 0.3 is 0 Å². The molecule has 0 saturated carbocycles. The van der Waals surface area contributed by atoms with Crippen molar-refractivity contribution in [3.63, 3.8) is 0 Å². The van der Waals surface area contributed by atoms with Crippen LogP contribution in [0.25, 0.3) is 11.0 Å². The van der Waals surface area contributed by atoms with E-state index in [2.05, 4.69) is 34.4 Å². The number of benzene rings is 2. The third kappa shape index (κ3) is 4.49. The van der Waals surface area contributed by atoms with Crippen molar-refractivity contribution >= 4 is 40.3 Å². The number of hydrogen-bond acceptors (Lipinski definition) is 7. The summed E-state index contributed by atoms with van der Waals surface area (Å²) in [6, 6.07) is 19.2. The molecule has 1 fully saturated rings. The number of carbonyl (C=O) groups excluding carboxylic acids is 1. The van der Waals surface area contributed by atoms with Crippen LogP contribution in [0, 0.1) is 0 Å². The van der Waals surface area contributed by atoms with Gasteiger partial charge in [0.15, 0.2) is 0 Å². The van der Waals surface area contributed by atoms with E-state index < -0.39 is 6.17 Å². The zero-order valence-electron chi connectivity index (χ0n) is 20.8. The zero-order chi connectivity index (χ0) is 25.5. The SMILES string of the molecule is CN1CCSC(c2ccc(Nc3ncc4ccc(=O)n(C5Cc6ccccc6C(=O)N5C)c4n3)cc2)C1. The molecule has 1 saturated heterocycles. The van der Waals surface area contributed by atoms with E-state index >= 15 is 0 Å². The van der Waals surface area contributed by atoms with Crippen LogP contribution in [0.4, 0.5) is 11.6 Å². The molecule has 0 radical (unpaired) electrons. The van der Waals surface area contributed by atoms with E-state index in [1.54, 1.807) is 28.8 Å². The van der Waals surface area contributed by atoms with Gasteiger partial charge in [0.05, 0.1) is 0 Å². The van der Waals surface area contributed by atoms with E-state index in [1.165, 1.54) is 11.6 Å². The summed E-state index contributed by atoms with van der Waals surface area (Å²) in [6.07, 6.45) is 1.76. The lowest BCUT2D eigenvalue weighted by atomic mass is 9.97. The second kappa shape index (κ2) is 9.64. The largest absolute Gasteiger partial charge is 0.324 e. The number of thioether (sulfide) groups is 1. The highest BCUT2D eigenvalue weighted by molar-refractivity contribution is 7.99. The van der Waals surface area contributed by atoms with Gasteiger partial charge in [-0.15, -0.1) is 0 Å². The van der Waals surface area contributed by atoms with E-state index in [4.69, 9.17) is 4.98 Å². The Labute approximate surface area is 219 Å². The van der Waals surface area contributed by atoms with Crippen molar-refractivity contribution < 1.29 is 4.79 Å². The van der Waals surface area contributed by atoms with E-state index in [0.717, 1.165) is 35.5 Å². The quantitative estimate of drug-likeness (QED) is 0.441. The van der Waals surface area contributed by atoms with Crippen LogP contribution in [0.2, 0.25) is 0 Å². The van der Waals surface area contributed by atoms with E-state index in [0.29, 0.717) is 28.8 Å². The smallest absolute Gasteiger partial charge is 0.255 e. The molecular formula is C28H28N6O2S. The van der Waals surface area contributed by atoms with Crippen molar-refractivity contribution in [3.8, 4) is 0 Å². The van der Waals surface area contributed by atoms with Crippen LogP contribution in [0.15, 0.2) is 71.7 Å². The van der Waals surface area contributed by atoms with Crippen LogP contribution < -0.4 is 10.9 Å². The number of aromatic nitrogens is 3. The molecule has 2 aliphatic heterocycles. The molecule has 0 bridgehead atoms. The molecule has 1 N–H and O–H groups in total. The van der Waals surface area contributed by atoms with Gasteiger partial charge in [0.25, 0.3) is 11.5 Å². The van der Waals surface area contributed by atoms with Gasteiger partial charge in [-0.05, 0) is 42.4 Å². The highest BCUT2D eigenvalue weighted by atomic mass is 32.2. The summed E-state index contributed by atoms with van der Waals surface area (Å²) in [4.78, 5) is 39.4. The van der Waals surface area contributed by atoms with E-state index in [-0.39, 0.29) is 11.5 Å². The minimum Gasteiger partial charge on any atom is -0.324 e. The summed E-state index contributed by atoms with van der Waals surface area (Å²) in [7, 11) is 3.90. The number of rotatable bonds is 4. The van der Waals surface area contributed by atoms with Gasteiger partial charge in [-0.25, -0.2) is 4.98 Å². The van der Waals surface area contributed by atoms with Gasteiger partial charge in [0.1, 0.15) is 11.8 Å². The summed E-state index contributed by atoms with van der Waals surface area (Å²) >= 11 is 2.00. The number of anilines is 2. The molecule has 188 valence electrons. The number of hydrogen-bond donors (Lipinski definition) is 1. The number of pyridine rings is 1. The second-order valence-corrected chi connectivity index (χ2v) is 11.0. The van der Waals surface area contributed by atoms with E-state index in [9.17, 15) is 9.59 Å². The topological polar surface area (TPSA) is 83.4 Å². The molecule has 9 heteroatoms. The molecule has 2 aliphatic rings. The highest BCUT2D eigenvalue weighted by Crippen LogP contribution is 2.33. The van der Waals surface area contributed by atoms with E-state index in [1.807, 2.05) is 48.2 Å². The minimum atomic E-state index is -0.480. The van der Waals surface area contributed by atoms with Crippen molar-refractivity contribution in [1.29, 1.82) is 0 Å². The standard InChI is InChI=1S/C28H28N6O2S/c1-32-13-14-37-23(17-32)18-7-10-21(11-8-18)30-28-29-16-20-9-12-25(35)34(26(20)31-28)24-15-19-5-3-4-6-22(19)27(36)33(24)2/h3-12,16,23-24H,13-15,17H2,1-2H3,(H,29,30,31). The van der Waals surface area contributed by atoms with Crippen molar-refractivity contribution in [3.05, 3.63) is 93.9 Å². The Balaban J connectivity index is 1.32. The maximum Gasteiger partial charge on any atom is 0.255 e. The highest BCUT2D eigenvalue weighted by Gasteiger charge is 2.32. The Kier molecular flexibility index (Phi) is 6.18. The normalized spacial score (nSPS) is 20.2. The number of amides is 1. The van der Waals surface area contributed by atoms with Crippen LogP contribution >= 0.6 is 11.8 Å². The lowest BCUT2D eigenvalue weighted by Gasteiger charge is -2.35. The Morgan fingerprint density at radius 2 is 1.81 bits per heavy atom. The van der Waals surface area contributed by atoms with Crippen molar-refractivity contribution in [2.75, 3.05) is 38.3 Å². The first-order valence-corrected chi connectivity index (χ1v) is 13.4. The Morgan fingerprint density at radius 3 is 2.62 bits per heavy atom. The van der Waals surface area contributed by atoms with Crippen molar-refractivity contribution in [2.45, 2.75) is 17.8 Å². The van der Waals surface area contributed by atoms with Gasteiger partial charge < -0.3 is 15.1 Å². The molecule has 2 unspecified atom stereocenters. The molecular weight excluding hydrogens is 484 g/mol. The van der Waals surface area contributed by atoms with Crippen LogP contribution in [0.5, 0.6) is 0 Å². The molecule has 2 aromatic heterocycles. The van der Waals surface area contributed by atoms with Gasteiger partial charge in [0, 0.05) is 66.5 Å².